The summed E-state index contributed by atoms with van der Waals surface area (Å²) in [5.74, 6) is 0.620. The standard InChI is InChI=1S/C10H16N2OS/c13-5-1-2-10-12-9(7-14-10)8-3-4-11-6-8/h7-8,11,13H,1-6H2. The van der Waals surface area contributed by atoms with Crippen molar-refractivity contribution in [3.8, 4) is 0 Å². The number of aryl methyl sites for hydroxylation is 1. The molecule has 0 amide bonds. The zero-order chi connectivity index (χ0) is 9.80. The van der Waals surface area contributed by atoms with Gasteiger partial charge in [-0.05, 0) is 19.4 Å². The molecule has 78 valence electrons. The van der Waals surface area contributed by atoms with Gasteiger partial charge in [0, 0.05) is 30.9 Å². The van der Waals surface area contributed by atoms with Gasteiger partial charge < -0.3 is 10.4 Å². The van der Waals surface area contributed by atoms with Gasteiger partial charge in [-0.3, -0.25) is 0 Å². The van der Waals surface area contributed by atoms with Crippen LogP contribution in [0.3, 0.4) is 0 Å². The van der Waals surface area contributed by atoms with E-state index in [0.717, 1.165) is 25.9 Å². The molecule has 0 aliphatic carbocycles. The predicted molar refractivity (Wildman–Crippen MR) is 57.7 cm³/mol. The van der Waals surface area contributed by atoms with Crippen molar-refractivity contribution in [3.63, 3.8) is 0 Å². The van der Waals surface area contributed by atoms with E-state index in [4.69, 9.17) is 5.11 Å². The first-order chi connectivity index (χ1) is 6.90. The van der Waals surface area contributed by atoms with Crippen LogP contribution in [0.25, 0.3) is 0 Å². The highest BCUT2D eigenvalue weighted by Gasteiger charge is 2.18. The quantitative estimate of drug-likeness (QED) is 0.787. The largest absolute Gasteiger partial charge is 0.396 e. The van der Waals surface area contributed by atoms with Gasteiger partial charge in [0.05, 0.1) is 10.7 Å². The Labute approximate surface area is 88.2 Å². The van der Waals surface area contributed by atoms with E-state index in [1.54, 1.807) is 11.3 Å². The molecule has 1 atom stereocenters. The average Bonchev–Trinajstić information content (AvgIpc) is 2.85. The molecular formula is C10H16N2OS. The van der Waals surface area contributed by atoms with Crippen molar-refractivity contribution in [2.24, 2.45) is 0 Å². The van der Waals surface area contributed by atoms with Crippen molar-refractivity contribution < 1.29 is 5.11 Å². The first-order valence-corrected chi connectivity index (χ1v) is 6.04. The van der Waals surface area contributed by atoms with E-state index >= 15 is 0 Å². The third-order valence-electron chi connectivity index (χ3n) is 2.60. The number of nitrogens with one attached hydrogen (secondary N) is 1. The van der Waals surface area contributed by atoms with Crippen LogP contribution in [0.4, 0.5) is 0 Å². The molecule has 1 fully saturated rings. The summed E-state index contributed by atoms with van der Waals surface area (Å²) < 4.78 is 0. The molecule has 0 bridgehead atoms. The van der Waals surface area contributed by atoms with E-state index in [9.17, 15) is 0 Å². The van der Waals surface area contributed by atoms with Crippen LogP contribution in [0, 0.1) is 0 Å². The lowest BCUT2D eigenvalue weighted by Crippen LogP contribution is -2.08. The van der Waals surface area contributed by atoms with Crippen molar-refractivity contribution in [2.75, 3.05) is 19.7 Å². The van der Waals surface area contributed by atoms with Crippen LogP contribution >= 0.6 is 11.3 Å². The fourth-order valence-electron chi connectivity index (χ4n) is 1.76. The average molecular weight is 212 g/mol. The zero-order valence-electron chi connectivity index (χ0n) is 8.20. The molecule has 0 saturated carbocycles. The number of hydrogen-bond acceptors (Lipinski definition) is 4. The summed E-state index contributed by atoms with van der Waals surface area (Å²) in [6, 6.07) is 0. The molecule has 1 unspecified atom stereocenters. The first kappa shape index (κ1) is 10.1. The summed E-state index contributed by atoms with van der Waals surface area (Å²) in [5, 5.41) is 15.4. The summed E-state index contributed by atoms with van der Waals surface area (Å²) in [4.78, 5) is 4.60. The molecule has 1 aromatic heterocycles. The first-order valence-electron chi connectivity index (χ1n) is 5.16. The molecule has 2 N–H and O–H groups in total. The Kier molecular flexibility index (Phi) is 3.50. The molecule has 2 heterocycles. The minimum atomic E-state index is 0.264. The summed E-state index contributed by atoms with van der Waals surface area (Å²) in [5.41, 5.74) is 1.24. The molecule has 2 rings (SSSR count). The third kappa shape index (κ3) is 2.32. The normalized spacial score (nSPS) is 21.6. The number of aromatic nitrogens is 1. The number of hydrogen-bond donors (Lipinski definition) is 2. The summed E-state index contributed by atoms with van der Waals surface area (Å²) in [6.07, 6.45) is 2.96. The van der Waals surface area contributed by atoms with E-state index in [-0.39, 0.29) is 6.61 Å². The van der Waals surface area contributed by atoms with Crippen LogP contribution < -0.4 is 5.32 Å². The number of rotatable bonds is 4. The van der Waals surface area contributed by atoms with Crippen LogP contribution in [-0.2, 0) is 6.42 Å². The van der Waals surface area contributed by atoms with Gasteiger partial charge >= 0.3 is 0 Å². The van der Waals surface area contributed by atoms with Gasteiger partial charge in [-0.25, -0.2) is 4.98 Å². The van der Waals surface area contributed by atoms with Gasteiger partial charge in [0.1, 0.15) is 0 Å². The van der Waals surface area contributed by atoms with Crippen molar-refractivity contribution in [1.29, 1.82) is 0 Å². The predicted octanol–water partition coefficient (Wildman–Crippen LogP) is 1.14. The summed E-state index contributed by atoms with van der Waals surface area (Å²) in [7, 11) is 0. The smallest absolute Gasteiger partial charge is 0.0929 e. The second-order valence-corrected chi connectivity index (χ2v) is 4.63. The molecule has 4 heteroatoms. The summed E-state index contributed by atoms with van der Waals surface area (Å²) in [6.45, 7) is 2.46. The lowest BCUT2D eigenvalue weighted by molar-refractivity contribution is 0.288. The van der Waals surface area contributed by atoms with Crippen LogP contribution in [0.15, 0.2) is 5.38 Å². The molecule has 1 saturated heterocycles. The molecule has 0 spiro atoms. The van der Waals surface area contributed by atoms with E-state index in [1.807, 2.05) is 0 Å². The van der Waals surface area contributed by atoms with Crippen molar-refractivity contribution in [1.82, 2.24) is 10.3 Å². The maximum atomic E-state index is 8.71. The Morgan fingerprint density at radius 2 is 2.57 bits per heavy atom. The fraction of sp³-hybridized carbons (Fsp3) is 0.700. The maximum Gasteiger partial charge on any atom is 0.0929 e. The van der Waals surface area contributed by atoms with E-state index in [2.05, 4.69) is 15.7 Å². The van der Waals surface area contributed by atoms with Crippen LogP contribution in [-0.4, -0.2) is 29.8 Å². The molecule has 3 nitrogen and oxygen atoms in total. The van der Waals surface area contributed by atoms with Crippen LogP contribution in [0.5, 0.6) is 0 Å². The Morgan fingerprint density at radius 3 is 3.29 bits per heavy atom. The highest BCUT2D eigenvalue weighted by molar-refractivity contribution is 7.09. The van der Waals surface area contributed by atoms with Crippen molar-refractivity contribution in [3.05, 3.63) is 16.1 Å². The van der Waals surface area contributed by atoms with Gasteiger partial charge in [-0.1, -0.05) is 0 Å². The minimum Gasteiger partial charge on any atom is -0.396 e. The summed E-state index contributed by atoms with van der Waals surface area (Å²) >= 11 is 1.73. The number of thiazole rings is 1. The number of aliphatic hydroxyl groups is 1. The number of nitrogens with zero attached hydrogens (tertiary/aromatic N) is 1. The Bertz CT molecular complexity index is 281. The van der Waals surface area contributed by atoms with Gasteiger partial charge in [0.15, 0.2) is 0 Å². The minimum absolute atomic E-state index is 0.264. The van der Waals surface area contributed by atoms with E-state index in [1.165, 1.54) is 17.1 Å². The lowest BCUT2D eigenvalue weighted by atomic mass is 10.1. The highest BCUT2D eigenvalue weighted by atomic mass is 32.1. The topological polar surface area (TPSA) is 45.2 Å². The van der Waals surface area contributed by atoms with Gasteiger partial charge in [-0.2, -0.15) is 0 Å². The van der Waals surface area contributed by atoms with Gasteiger partial charge in [0.2, 0.25) is 0 Å². The van der Waals surface area contributed by atoms with Gasteiger partial charge in [-0.15, -0.1) is 11.3 Å². The van der Waals surface area contributed by atoms with Gasteiger partial charge in [0.25, 0.3) is 0 Å². The Morgan fingerprint density at radius 1 is 1.64 bits per heavy atom. The molecule has 1 aliphatic rings. The Balaban J connectivity index is 1.94. The molecular weight excluding hydrogens is 196 g/mol. The molecule has 1 aliphatic heterocycles. The Hall–Kier alpha value is -0.450. The van der Waals surface area contributed by atoms with Crippen LogP contribution in [0.2, 0.25) is 0 Å². The number of aliphatic hydroxyl groups excluding tert-OH is 1. The lowest BCUT2D eigenvalue weighted by Gasteiger charge is -2.02. The molecule has 0 radical (unpaired) electrons. The second kappa shape index (κ2) is 4.87. The fourth-order valence-corrected chi connectivity index (χ4v) is 2.69. The molecule has 1 aromatic rings. The third-order valence-corrected chi connectivity index (χ3v) is 3.52. The van der Waals surface area contributed by atoms with E-state index in [0.29, 0.717) is 5.92 Å². The van der Waals surface area contributed by atoms with E-state index < -0.39 is 0 Å². The van der Waals surface area contributed by atoms with Crippen LogP contribution in [0.1, 0.15) is 29.5 Å². The second-order valence-electron chi connectivity index (χ2n) is 3.68. The molecule has 14 heavy (non-hydrogen) atoms. The maximum absolute atomic E-state index is 8.71. The molecule has 0 aromatic carbocycles. The van der Waals surface area contributed by atoms with Crippen molar-refractivity contribution >= 4 is 11.3 Å². The highest BCUT2D eigenvalue weighted by Crippen LogP contribution is 2.24. The SMILES string of the molecule is OCCCc1nc(C2CCNC2)cs1. The van der Waals surface area contributed by atoms with Crippen molar-refractivity contribution in [2.45, 2.75) is 25.2 Å². The monoisotopic (exact) mass is 212 g/mol. The zero-order valence-corrected chi connectivity index (χ0v) is 9.02.